The van der Waals surface area contributed by atoms with Crippen LogP contribution in [0.1, 0.15) is 194 Å². The van der Waals surface area contributed by atoms with Crippen LogP contribution in [0.5, 0.6) is 0 Å². The monoisotopic (exact) mass is 763 g/mol. The lowest BCUT2D eigenvalue weighted by Crippen LogP contribution is -2.75. The number of rotatable bonds is 10. The second-order valence-electron chi connectivity index (χ2n) is 25.2. The van der Waals surface area contributed by atoms with Crippen LogP contribution in [0.4, 0.5) is 0 Å². The van der Waals surface area contributed by atoms with Crippen molar-refractivity contribution in [3.63, 3.8) is 0 Å². The third-order valence-electron chi connectivity index (χ3n) is 18.0. The molecule has 0 aromatic rings. The number of esters is 1. The zero-order valence-electron chi connectivity index (χ0n) is 41.4. The summed E-state index contributed by atoms with van der Waals surface area (Å²) in [7, 11) is 3.64. The molecule has 54 heavy (non-hydrogen) atoms. The molecule has 1 aliphatic rings. The maximum Gasteiger partial charge on any atom is 0.342 e. The molecule has 0 aromatic heterocycles. The fraction of sp³-hybridized carbons (Fsp3) is 0.936. The van der Waals surface area contributed by atoms with Gasteiger partial charge in [0.2, 0.25) is 11.5 Å². The van der Waals surface area contributed by atoms with Gasteiger partial charge in [0.1, 0.15) is 11.1 Å². The highest BCUT2D eigenvalue weighted by Crippen LogP contribution is 2.68. The Labute approximate surface area is 335 Å². The van der Waals surface area contributed by atoms with Crippen molar-refractivity contribution < 1.29 is 23.9 Å². The van der Waals surface area contributed by atoms with E-state index < -0.39 is 56.0 Å². The van der Waals surface area contributed by atoms with Gasteiger partial charge in [-0.1, -0.05) is 145 Å². The van der Waals surface area contributed by atoms with E-state index in [2.05, 4.69) is 138 Å². The van der Waals surface area contributed by atoms with Gasteiger partial charge in [-0.15, -0.1) is 0 Å². The second kappa shape index (κ2) is 13.2. The number of carbonyl (C=O) groups excluding carboxylic acids is 3. The predicted molar refractivity (Wildman–Crippen MR) is 227 cm³/mol. The van der Waals surface area contributed by atoms with Gasteiger partial charge >= 0.3 is 5.97 Å². The van der Waals surface area contributed by atoms with E-state index in [0.29, 0.717) is 0 Å². The topological polar surface area (TPSA) is 79.5 Å². The minimum Gasteiger partial charge on any atom is -0.457 e. The van der Waals surface area contributed by atoms with E-state index in [-0.39, 0.29) is 38.4 Å². The number of hydrogen-bond donors (Lipinski definition) is 0. The van der Waals surface area contributed by atoms with Gasteiger partial charge in [0.05, 0.1) is 0 Å². The van der Waals surface area contributed by atoms with E-state index in [9.17, 15) is 4.79 Å². The Balaban J connectivity index is 4.27. The molecule has 1 heterocycles. The second-order valence-corrected chi connectivity index (χ2v) is 25.2. The highest BCUT2D eigenvalue weighted by atomic mass is 16.7. The molecule has 0 saturated carbocycles. The van der Waals surface area contributed by atoms with Crippen molar-refractivity contribution in [3.8, 4) is 0 Å². The molecule has 2 amide bonds. The molecule has 0 spiro atoms. The van der Waals surface area contributed by atoms with Crippen molar-refractivity contribution in [2.24, 2.45) is 48.7 Å². The van der Waals surface area contributed by atoms with Crippen LogP contribution in [-0.2, 0) is 23.9 Å². The average molecular weight is 763 g/mol. The molecule has 7 heteroatoms. The molecule has 0 unspecified atom stereocenters. The van der Waals surface area contributed by atoms with Crippen LogP contribution >= 0.6 is 0 Å². The Bertz CT molecular complexity index is 1420. The summed E-state index contributed by atoms with van der Waals surface area (Å²) in [5.74, 6) is -1.17. The number of hydrogen-bond acceptors (Lipinski definition) is 5. The lowest BCUT2D eigenvalue weighted by atomic mass is 9.40. The number of epoxide rings is 1. The van der Waals surface area contributed by atoms with Gasteiger partial charge in [-0.05, 0) is 86.4 Å². The zero-order chi connectivity index (χ0) is 44.3. The first-order chi connectivity index (χ1) is 23.0. The largest absolute Gasteiger partial charge is 0.457 e. The summed E-state index contributed by atoms with van der Waals surface area (Å²) in [5.41, 5.74) is -9.29. The van der Waals surface area contributed by atoms with Gasteiger partial charge in [0.25, 0.3) is 5.91 Å². The van der Waals surface area contributed by atoms with Gasteiger partial charge in [0.15, 0.2) is 5.60 Å². The van der Waals surface area contributed by atoms with Crippen LogP contribution in [0.15, 0.2) is 0 Å². The van der Waals surface area contributed by atoms with Crippen molar-refractivity contribution in [2.75, 3.05) is 14.1 Å². The first-order valence-corrected chi connectivity index (χ1v) is 20.5. The van der Waals surface area contributed by atoms with Crippen LogP contribution in [0.25, 0.3) is 0 Å². The van der Waals surface area contributed by atoms with Crippen molar-refractivity contribution in [1.29, 1.82) is 0 Å². The van der Waals surface area contributed by atoms with Crippen LogP contribution < -0.4 is 0 Å². The van der Waals surface area contributed by atoms with Gasteiger partial charge in [-0.25, -0.2) is 4.79 Å². The third kappa shape index (κ3) is 6.70. The van der Waals surface area contributed by atoms with Crippen LogP contribution in [-0.4, -0.2) is 69.6 Å². The van der Waals surface area contributed by atoms with Crippen molar-refractivity contribution in [1.82, 2.24) is 9.80 Å². The van der Waals surface area contributed by atoms with E-state index in [1.807, 2.05) is 53.5 Å². The fourth-order valence-electron chi connectivity index (χ4n) is 10.8. The standard InChI is InChI=1S/C47H90N2O5/c1-34(2,3)42(22,23)53-33(52)45(26)44(25,54-45)32(51)49(30)43(24,40(18,19)47(28,37(10,11)12)38(13,14)15)31(50)48(29)41(20,21)39(16,17)46(27,35(4,5)6)36(7,8)9/h1-30H3/t43-,44+,45+/m0/s1. The first kappa shape index (κ1) is 50.4. The van der Waals surface area contributed by atoms with Crippen molar-refractivity contribution >= 4 is 17.8 Å². The Morgan fingerprint density at radius 3 is 1.07 bits per heavy atom. The Hall–Kier alpha value is -1.63. The van der Waals surface area contributed by atoms with Crippen LogP contribution in [0, 0.1) is 48.7 Å². The number of ether oxygens (including phenoxy) is 2. The lowest BCUT2D eigenvalue weighted by Gasteiger charge is -2.69. The molecule has 1 fully saturated rings. The van der Waals surface area contributed by atoms with E-state index in [1.165, 1.54) is 0 Å². The van der Waals surface area contributed by atoms with E-state index in [0.717, 1.165) is 0 Å². The first-order valence-electron chi connectivity index (χ1n) is 20.5. The molecule has 0 bridgehead atoms. The molecular weight excluding hydrogens is 673 g/mol. The van der Waals surface area contributed by atoms with Gasteiger partial charge < -0.3 is 19.3 Å². The normalized spacial score (nSPS) is 22.7. The van der Waals surface area contributed by atoms with Crippen LogP contribution in [0.2, 0.25) is 0 Å². The maximum atomic E-state index is 16.1. The van der Waals surface area contributed by atoms with E-state index >= 15 is 9.59 Å². The quantitative estimate of drug-likeness (QED) is 0.164. The number of amides is 2. The summed E-state index contributed by atoms with van der Waals surface area (Å²) in [5, 5.41) is 0. The van der Waals surface area contributed by atoms with E-state index in [4.69, 9.17) is 9.47 Å². The SMILES string of the molecule is CN(C(=O)[C@](C)(N(C)C(=O)[C@@]1(C)O[C@]1(C)C(=O)OC(C)(C)C(C)(C)C)C(C)(C)C(C)(C(C)(C)C)C(C)(C)C)C(C)(C)C(C)(C)C(C)(C(C)(C)C)C(C)(C)C. The minimum atomic E-state index is -1.55. The highest BCUT2D eigenvalue weighted by Gasteiger charge is 2.78. The van der Waals surface area contributed by atoms with Crippen molar-refractivity contribution in [3.05, 3.63) is 0 Å². The predicted octanol–water partition coefficient (Wildman–Crippen LogP) is 11.6. The summed E-state index contributed by atoms with van der Waals surface area (Å²) in [6.45, 7) is 60.2. The lowest BCUT2D eigenvalue weighted by molar-refractivity contribution is -0.209. The highest BCUT2D eigenvalue weighted by molar-refractivity contribution is 6.02. The molecule has 318 valence electrons. The Morgan fingerprint density at radius 2 is 0.778 bits per heavy atom. The molecule has 0 aliphatic carbocycles. The van der Waals surface area contributed by atoms with Gasteiger partial charge in [-0.3, -0.25) is 9.59 Å². The maximum absolute atomic E-state index is 16.1. The molecule has 1 rings (SSSR count). The van der Waals surface area contributed by atoms with Gasteiger partial charge in [-0.2, -0.15) is 0 Å². The third-order valence-corrected chi connectivity index (χ3v) is 18.0. The summed E-state index contributed by atoms with van der Waals surface area (Å²) in [6.07, 6.45) is 0. The Morgan fingerprint density at radius 1 is 0.463 bits per heavy atom. The minimum absolute atomic E-state index is 0.124. The van der Waals surface area contributed by atoms with Gasteiger partial charge in [0, 0.05) is 30.5 Å². The average Bonchev–Trinajstić information content (AvgIpc) is 3.53. The number of nitrogens with zero attached hydrogens (tertiary/aromatic N) is 2. The molecule has 0 aromatic carbocycles. The summed E-state index contributed by atoms with van der Waals surface area (Å²) >= 11 is 0. The molecule has 0 N–H and O–H groups in total. The smallest absolute Gasteiger partial charge is 0.342 e. The molecule has 1 aliphatic heterocycles. The molecular formula is C47H90N2O5. The Kier molecular flexibility index (Phi) is 12.3. The fourth-order valence-corrected chi connectivity index (χ4v) is 10.8. The van der Waals surface area contributed by atoms with E-state index in [1.54, 1.807) is 25.8 Å². The summed E-state index contributed by atoms with van der Waals surface area (Å²) in [6, 6.07) is 0. The molecule has 1 saturated heterocycles. The summed E-state index contributed by atoms with van der Waals surface area (Å²) < 4.78 is 12.3. The summed E-state index contributed by atoms with van der Waals surface area (Å²) in [4.78, 5) is 48.9. The zero-order valence-corrected chi connectivity index (χ0v) is 41.4. The molecule has 0 radical (unpaired) electrons. The number of likely N-dealkylation sites (N-methyl/N-ethyl adjacent to an activating group) is 2. The molecule has 7 nitrogen and oxygen atoms in total. The molecule has 3 atom stereocenters. The van der Waals surface area contributed by atoms with Crippen molar-refractivity contribution in [2.45, 2.75) is 222 Å². The number of carbonyl (C=O) groups is 3. The van der Waals surface area contributed by atoms with Crippen LogP contribution in [0.3, 0.4) is 0 Å².